The molecule has 3 N–H and O–H groups in total. The first-order valence-corrected chi connectivity index (χ1v) is 7.39. The Kier molecular flexibility index (Phi) is 7.19. The minimum absolute atomic E-state index is 0.0523. The Morgan fingerprint density at radius 1 is 1.29 bits per heavy atom. The number of hydrogen-bond acceptors (Lipinski definition) is 3. The molecular formula is C16H26N2O3. The molecule has 0 heterocycles. The Bertz CT molecular complexity index is 434. The third kappa shape index (κ3) is 6.14. The molecule has 5 heteroatoms. The minimum Gasteiger partial charge on any atom is -0.396 e. The van der Waals surface area contributed by atoms with E-state index in [4.69, 9.17) is 9.84 Å². The first kappa shape index (κ1) is 17.5. The Hall–Kier alpha value is -1.59. The van der Waals surface area contributed by atoms with Gasteiger partial charge in [-0.2, -0.15) is 0 Å². The number of nitrogens with one attached hydrogen (secondary N) is 2. The van der Waals surface area contributed by atoms with Gasteiger partial charge in [-0.3, -0.25) is 0 Å². The standard InChI is InChI=1S/C16H26N2O3/c1-4-16(3,10-11-19)18-15(20)17-14-8-6-13(7-9-14)12-21-5-2/h6-9,19H,4-5,10-12H2,1-3H3,(H2,17,18,20). The van der Waals surface area contributed by atoms with Crippen molar-refractivity contribution in [3.05, 3.63) is 29.8 Å². The highest BCUT2D eigenvalue weighted by molar-refractivity contribution is 5.89. The van der Waals surface area contributed by atoms with E-state index in [2.05, 4.69) is 10.6 Å². The molecule has 0 fully saturated rings. The van der Waals surface area contributed by atoms with Gasteiger partial charge in [-0.25, -0.2) is 4.79 Å². The molecule has 0 bridgehead atoms. The SMILES string of the molecule is CCOCc1ccc(NC(=O)NC(C)(CC)CCO)cc1. The molecule has 1 aromatic carbocycles. The van der Waals surface area contributed by atoms with Crippen molar-refractivity contribution in [1.29, 1.82) is 0 Å². The lowest BCUT2D eigenvalue weighted by Gasteiger charge is -2.29. The van der Waals surface area contributed by atoms with Crippen LogP contribution in [0.15, 0.2) is 24.3 Å². The lowest BCUT2D eigenvalue weighted by Crippen LogP contribution is -2.48. The van der Waals surface area contributed by atoms with E-state index in [-0.39, 0.29) is 12.6 Å². The second kappa shape index (κ2) is 8.64. The number of urea groups is 1. The van der Waals surface area contributed by atoms with Gasteiger partial charge in [-0.05, 0) is 44.4 Å². The van der Waals surface area contributed by atoms with Gasteiger partial charge in [-0.1, -0.05) is 19.1 Å². The maximum atomic E-state index is 12.0. The number of carbonyl (C=O) groups is 1. The third-order valence-corrected chi connectivity index (χ3v) is 3.54. The highest BCUT2D eigenvalue weighted by Crippen LogP contribution is 2.15. The number of ether oxygens (including phenoxy) is 1. The Labute approximate surface area is 126 Å². The van der Waals surface area contributed by atoms with Gasteiger partial charge in [0.2, 0.25) is 0 Å². The molecule has 21 heavy (non-hydrogen) atoms. The van der Waals surface area contributed by atoms with E-state index in [1.165, 1.54) is 0 Å². The van der Waals surface area contributed by atoms with E-state index in [0.717, 1.165) is 17.7 Å². The number of carbonyl (C=O) groups excluding carboxylic acids is 1. The Morgan fingerprint density at radius 2 is 1.95 bits per heavy atom. The highest BCUT2D eigenvalue weighted by atomic mass is 16.5. The van der Waals surface area contributed by atoms with E-state index < -0.39 is 5.54 Å². The Balaban J connectivity index is 2.54. The van der Waals surface area contributed by atoms with Crippen molar-refractivity contribution in [3.8, 4) is 0 Å². The molecule has 1 atom stereocenters. The molecular weight excluding hydrogens is 268 g/mol. The van der Waals surface area contributed by atoms with Crippen LogP contribution in [0.2, 0.25) is 0 Å². The molecule has 0 aliphatic rings. The lowest BCUT2D eigenvalue weighted by molar-refractivity contribution is 0.134. The zero-order valence-corrected chi connectivity index (χ0v) is 13.1. The molecule has 0 radical (unpaired) electrons. The van der Waals surface area contributed by atoms with Crippen LogP contribution in [-0.4, -0.2) is 29.9 Å². The first-order chi connectivity index (χ1) is 10.0. The monoisotopic (exact) mass is 294 g/mol. The largest absolute Gasteiger partial charge is 0.396 e. The predicted molar refractivity (Wildman–Crippen MR) is 84.3 cm³/mol. The van der Waals surface area contributed by atoms with Gasteiger partial charge in [0.1, 0.15) is 0 Å². The third-order valence-electron chi connectivity index (χ3n) is 3.54. The van der Waals surface area contributed by atoms with Gasteiger partial charge in [0, 0.05) is 24.4 Å². The smallest absolute Gasteiger partial charge is 0.319 e. The van der Waals surface area contributed by atoms with Crippen LogP contribution >= 0.6 is 0 Å². The van der Waals surface area contributed by atoms with Crippen molar-refractivity contribution in [2.24, 2.45) is 0 Å². The van der Waals surface area contributed by atoms with Crippen molar-refractivity contribution >= 4 is 11.7 Å². The number of anilines is 1. The van der Waals surface area contributed by atoms with Crippen molar-refractivity contribution in [1.82, 2.24) is 5.32 Å². The molecule has 5 nitrogen and oxygen atoms in total. The summed E-state index contributed by atoms with van der Waals surface area (Å²) in [5.41, 5.74) is 1.41. The zero-order chi connectivity index (χ0) is 15.7. The van der Waals surface area contributed by atoms with Gasteiger partial charge >= 0.3 is 6.03 Å². The number of rotatable bonds is 8. The van der Waals surface area contributed by atoms with Crippen LogP contribution in [0, 0.1) is 0 Å². The summed E-state index contributed by atoms with van der Waals surface area (Å²) in [5, 5.41) is 14.8. The van der Waals surface area contributed by atoms with E-state index in [1.807, 2.05) is 45.0 Å². The molecule has 0 aliphatic heterocycles. The molecule has 0 spiro atoms. The summed E-state index contributed by atoms with van der Waals surface area (Å²) in [6, 6.07) is 7.30. The van der Waals surface area contributed by atoms with Gasteiger partial charge in [0.05, 0.1) is 6.61 Å². The summed E-state index contributed by atoms with van der Waals surface area (Å²) >= 11 is 0. The molecule has 0 saturated carbocycles. The average Bonchev–Trinajstić information content (AvgIpc) is 2.46. The number of aliphatic hydroxyl groups excluding tert-OH is 1. The first-order valence-electron chi connectivity index (χ1n) is 7.39. The summed E-state index contributed by atoms with van der Waals surface area (Å²) in [7, 11) is 0. The van der Waals surface area contributed by atoms with Crippen molar-refractivity contribution in [2.75, 3.05) is 18.5 Å². The zero-order valence-electron chi connectivity index (χ0n) is 13.1. The van der Waals surface area contributed by atoms with Gasteiger partial charge < -0.3 is 20.5 Å². The molecule has 0 saturated heterocycles. The fourth-order valence-electron chi connectivity index (χ4n) is 1.92. The van der Waals surface area contributed by atoms with Crippen LogP contribution in [0.25, 0.3) is 0 Å². The number of hydrogen-bond donors (Lipinski definition) is 3. The maximum absolute atomic E-state index is 12.0. The van der Waals surface area contributed by atoms with Gasteiger partial charge in [0.15, 0.2) is 0 Å². The summed E-state index contributed by atoms with van der Waals surface area (Å²) in [6.07, 6.45) is 1.29. The minimum atomic E-state index is -0.395. The predicted octanol–water partition coefficient (Wildman–Crippen LogP) is 2.90. The van der Waals surface area contributed by atoms with Crippen LogP contribution in [0.1, 0.15) is 39.2 Å². The summed E-state index contributed by atoms with van der Waals surface area (Å²) in [6.45, 7) is 7.18. The molecule has 2 amide bonds. The Morgan fingerprint density at radius 3 is 2.48 bits per heavy atom. The molecule has 1 unspecified atom stereocenters. The maximum Gasteiger partial charge on any atom is 0.319 e. The van der Waals surface area contributed by atoms with E-state index in [9.17, 15) is 4.79 Å². The van der Waals surface area contributed by atoms with Gasteiger partial charge in [0.25, 0.3) is 0 Å². The van der Waals surface area contributed by atoms with Gasteiger partial charge in [-0.15, -0.1) is 0 Å². The quantitative estimate of drug-likeness (QED) is 0.690. The second-order valence-corrected chi connectivity index (χ2v) is 5.30. The summed E-state index contributed by atoms with van der Waals surface area (Å²) in [4.78, 5) is 12.0. The van der Waals surface area contributed by atoms with E-state index >= 15 is 0 Å². The van der Waals surface area contributed by atoms with Crippen molar-refractivity contribution in [3.63, 3.8) is 0 Å². The fraction of sp³-hybridized carbons (Fsp3) is 0.562. The van der Waals surface area contributed by atoms with E-state index in [0.29, 0.717) is 19.6 Å². The van der Waals surface area contributed by atoms with Crippen LogP contribution in [0.3, 0.4) is 0 Å². The average molecular weight is 294 g/mol. The highest BCUT2D eigenvalue weighted by Gasteiger charge is 2.23. The van der Waals surface area contributed by atoms with Crippen molar-refractivity contribution < 1.29 is 14.6 Å². The van der Waals surface area contributed by atoms with Crippen LogP contribution in [0.5, 0.6) is 0 Å². The summed E-state index contributed by atoms with van der Waals surface area (Å²) in [5.74, 6) is 0. The van der Waals surface area contributed by atoms with Crippen LogP contribution < -0.4 is 10.6 Å². The number of amides is 2. The molecule has 0 aliphatic carbocycles. The van der Waals surface area contributed by atoms with E-state index in [1.54, 1.807) is 0 Å². The number of benzene rings is 1. The normalized spacial score (nSPS) is 13.5. The van der Waals surface area contributed by atoms with Crippen LogP contribution in [-0.2, 0) is 11.3 Å². The second-order valence-electron chi connectivity index (χ2n) is 5.30. The lowest BCUT2D eigenvalue weighted by atomic mass is 9.95. The molecule has 1 rings (SSSR count). The molecule has 0 aromatic heterocycles. The topological polar surface area (TPSA) is 70.6 Å². The van der Waals surface area contributed by atoms with Crippen LogP contribution in [0.4, 0.5) is 10.5 Å². The molecule has 1 aromatic rings. The number of aliphatic hydroxyl groups is 1. The fourth-order valence-corrected chi connectivity index (χ4v) is 1.92. The van der Waals surface area contributed by atoms with Crippen molar-refractivity contribution in [2.45, 2.75) is 45.8 Å². The molecule has 118 valence electrons. The summed E-state index contributed by atoms with van der Waals surface area (Å²) < 4.78 is 5.32.